The number of rotatable bonds is 5. The molecule has 2 amide bonds. The predicted octanol–water partition coefficient (Wildman–Crippen LogP) is 1.84. The van der Waals surface area contributed by atoms with Gasteiger partial charge in [0.1, 0.15) is 5.82 Å². The van der Waals surface area contributed by atoms with Crippen LogP contribution in [0.5, 0.6) is 0 Å². The molecule has 0 radical (unpaired) electrons. The van der Waals surface area contributed by atoms with E-state index >= 15 is 0 Å². The molecule has 2 fully saturated rings. The molecule has 1 saturated heterocycles. The second-order valence-corrected chi connectivity index (χ2v) is 6.83. The summed E-state index contributed by atoms with van der Waals surface area (Å²) >= 11 is 5.71. The highest BCUT2D eigenvalue weighted by Crippen LogP contribution is 2.21. The van der Waals surface area contributed by atoms with E-state index in [1.165, 1.54) is 12.1 Å². The van der Waals surface area contributed by atoms with Gasteiger partial charge >= 0.3 is 0 Å². The molecule has 7 heteroatoms. The first kappa shape index (κ1) is 17.2. The van der Waals surface area contributed by atoms with E-state index in [4.69, 9.17) is 11.6 Å². The number of hydrogen-bond donors (Lipinski definition) is 2. The monoisotopic (exact) mass is 353 g/mol. The molecular weight excluding hydrogens is 333 g/mol. The van der Waals surface area contributed by atoms with Crippen molar-refractivity contribution in [1.29, 1.82) is 0 Å². The van der Waals surface area contributed by atoms with Crippen LogP contribution >= 0.6 is 11.6 Å². The van der Waals surface area contributed by atoms with Crippen LogP contribution in [0.25, 0.3) is 0 Å². The van der Waals surface area contributed by atoms with Gasteiger partial charge in [-0.25, -0.2) is 4.39 Å². The lowest BCUT2D eigenvalue weighted by Gasteiger charge is -2.35. The van der Waals surface area contributed by atoms with Gasteiger partial charge in [-0.15, -0.1) is 0 Å². The van der Waals surface area contributed by atoms with Crippen LogP contribution < -0.4 is 10.6 Å². The van der Waals surface area contributed by atoms with Gasteiger partial charge in [-0.1, -0.05) is 17.7 Å². The third kappa shape index (κ3) is 4.05. The van der Waals surface area contributed by atoms with Gasteiger partial charge in [0, 0.05) is 25.7 Å². The molecular formula is C17H21ClFN3O2. The Morgan fingerprint density at radius 3 is 2.88 bits per heavy atom. The van der Waals surface area contributed by atoms with Crippen LogP contribution in [-0.4, -0.2) is 41.9 Å². The van der Waals surface area contributed by atoms with E-state index in [2.05, 4.69) is 10.6 Å². The van der Waals surface area contributed by atoms with Gasteiger partial charge in [0.2, 0.25) is 11.8 Å². The molecule has 2 N–H and O–H groups in total. The van der Waals surface area contributed by atoms with E-state index in [1.54, 1.807) is 6.07 Å². The van der Waals surface area contributed by atoms with Gasteiger partial charge in [0.05, 0.1) is 17.5 Å². The second kappa shape index (κ2) is 7.49. The van der Waals surface area contributed by atoms with Crippen molar-refractivity contribution >= 4 is 23.4 Å². The van der Waals surface area contributed by atoms with Crippen molar-refractivity contribution in [3.63, 3.8) is 0 Å². The van der Waals surface area contributed by atoms with Crippen LogP contribution in [0.3, 0.4) is 0 Å². The molecule has 1 saturated carbocycles. The van der Waals surface area contributed by atoms with Gasteiger partial charge in [-0.3, -0.25) is 14.5 Å². The van der Waals surface area contributed by atoms with E-state index in [-0.39, 0.29) is 29.3 Å². The van der Waals surface area contributed by atoms with E-state index in [0.29, 0.717) is 19.6 Å². The van der Waals surface area contributed by atoms with E-state index in [9.17, 15) is 14.0 Å². The lowest BCUT2D eigenvalue weighted by Crippen LogP contribution is -2.56. The van der Waals surface area contributed by atoms with Gasteiger partial charge in [-0.05, 0) is 37.0 Å². The summed E-state index contributed by atoms with van der Waals surface area (Å²) in [6.07, 6.45) is 3.29. The molecule has 1 aliphatic carbocycles. The van der Waals surface area contributed by atoms with E-state index in [0.717, 1.165) is 24.8 Å². The zero-order valence-corrected chi connectivity index (χ0v) is 14.1. The first-order valence-corrected chi connectivity index (χ1v) is 8.66. The topological polar surface area (TPSA) is 61.4 Å². The summed E-state index contributed by atoms with van der Waals surface area (Å²) in [7, 11) is 0. The van der Waals surface area contributed by atoms with Crippen molar-refractivity contribution in [2.75, 3.05) is 13.1 Å². The number of piperazine rings is 1. The number of carbonyl (C=O) groups excluding carboxylic acids is 2. The van der Waals surface area contributed by atoms with Gasteiger partial charge in [0.15, 0.2) is 0 Å². The molecule has 1 heterocycles. The zero-order chi connectivity index (χ0) is 17.1. The fourth-order valence-corrected chi connectivity index (χ4v) is 3.18. The highest BCUT2D eigenvalue weighted by molar-refractivity contribution is 6.30. The van der Waals surface area contributed by atoms with Crippen LogP contribution in [0.4, 0.5) is 4.39 Å². The number of halogens is 2. The third-order valence-electron chi connectivity index (χ3n) is 4.66. The summed E-state index contributed by atoms with van der Waals surface area (Å²) in [6, 6.07) is 4.35. The summed E-state index contributed by atoms with van der Waals surface area (Å²) in [6.45, 7) is 1.55. The number of nitrogens with one attached hydrogen (secondary N) is 2. The van der Waals surface area contributed by atoms with Crippen molar-refractivity contribution in [2.45, 2.75) is 44.3 Å². The van der Waals surface area contributed by atoms with Crippen LogP contribution in [-0.2, 0) is 16.1 Å². The molecule has 0 spiro atoms. The van der Waals surface area contributed by atoms with E-state index in [1.807, 2.05) is 4.90 Å². The maximum Gasteiger partial charge on any atom is 0.237 e. The lowest BCUT2D eigenvalue weighted by atomic mass is 9.93. The minimum atomic E-state index is -0.530. The van der Waals surface area contributed by atoms with Crippen molar-refractivity contribution < 1.29 is 14.0 Å². The molecule has 1 aliphatic heterocycles. The molecule has 0 aromatic heterocycles. The summed E-state index contributed by atoms with van der Waals surface area (Å²) in [4.78, 5) is 26.3. The van der Waals surface area contributed by atoms with Crippen molar-refractivity contribution in [1.82, 2.24) is 15.5 Å². The number of benzene rings is 1. The summed E-state index contributed by atoms with van der Waals surface area (Å²) in [5.41, 5.74) is 0.732. The lowest BCUT2D eigenvalue weighted by molar-refractivity contribution is -0.134. The van der Waals surface area contributed by atoms with Gasteiger partial charge in [0.25, 0.3) is 0 Å². The van der Waals surface area contributed by atoms with Crippen molar-refractivity contribution in [3.8, 4) is 0 Å². The summed E-state index contributed by atoms with van der Waals surface area (Å²) in [5, 5.41) is 5.84. The fraction of sp³-hybridized carbons (Fsp3) is 0.529. The summed E-state index contributed by atoms with van der Waals surface area (Å²) in [5.74, 6) is -0.733. The highest BCUT2D eigenvalue weighted by Gasteiger charge is 2.32. The smallest absolute Gasteiger partial charge is 0.237 e. The van der Waals surface area contributed by atoms with Gasteiger partial charge in [-0.2, -0.15) is 0 Å². The molecule has 1 aromatic carbocycles. The Bertz CT molecular complexity index is 636. The van der Waals surface area contributed by atoms with Crippen molar-refractivity contribution in [3.05, 3.63) is 34.6 Å². The number of amides is 2. The minimum absolute atomic E-state index is 0.0755. The highest BCUT2D eigenvalue weighted by atomic mass is 35.5. The first-order chi connectivity index (χ1) is 11.5. The van der Waals surface area contributed by atoms with Crippen LogP contribution in [0.2, 0.25) is 5.02 Å². The number of carbonyl (C=O) groups is 2. The normalized spacial score (nSPS) is 21.9. The van der Waals surface area contributed by atoms with Crippen LogP contribution in [0, 0.1) is 5.82 Å². The fourth-order valence-electron chi connectivity index (χ4n) is 3.06. The van der Waals surface area contributed by atoms with Crippen LogP contribution in [0.1, 0.15) is 31.2 Å². The number of nitrogens with zero attached hydrogens (tertiary/aromatic N) is 1. The zero-order valence-electron chi connectivity index (χ0n) is 13.4. The Morgan fingerprint density at radius 1 is 1.42 bits per heavy atom. The second-order valence-electron chi connectivity index (χ2n) is 6.43. The largest absolute Gasteiger partial charge is 0.353 e. The molecule has 3 rings (SSSR count). The van der Waals surface area contributed by atoms with E-state index < -0.39 is 11.9 Å². The SMILES string of the molecule is O=C(C[C@@H]1C(=O)NCCN1Cc1ccc(Cl)c(F)c1)NC1CCC1. The molecule has 24 heavy (non-hydrogen) atoms. The Kier molecular flexibility index (Phi) is 5.36. The summed E-state index contributed by atoms with van der Waals surface area (Å²) < 4.78 is 13.6. The third-order valence-corrected chi connectivity index (χ3v) is 4.97. The Labute approximate surface area is 145 Å². The average molecular weight is 354 g/mol. The predicted molar refractivity (Wildman–Crippen MR) is 89.0 cm³/mol. The van der Waals surface area contributed by atoms with Crippen LogP contribution in [0.15, 0.2) is 18.2 Å². The standard InChI is InChI=1S/C17H21ClFN3O2/c18-13-5-4-11(8-14(13)19)10-22-7-6-20-17(24)15(22)9-16(23)21-12-2-1-3-12/h4-5,8,12,15H,1-3,6-7,9-10H2,(H,20,24)(H,21,23)/t15-/m1/s1. The van der Waals surface area contributed by atoms with Crippen molar-refractivity contribution in [2.24, 2.45) is 0 Å². The average Bonchev–Trinajstić information content (AvgIpc) is 2.50. The minimum Gasteiger partial charge on any atom is -0.353 e. The molecule has 5 nitrogen and oxygen atoms in total. The maximum absolute atomic E-state index is 13.6. The molecule has 1 atom stereocenters. The molecule has 2 aliphatic rings. The maximum atomic E-state index is 13.6. The quantitative estimate of drug-likeness (QED) is 0.849. The molecule has 1 aromatic rings. The Hall–Kier alpha value is -1.66. The van der Waals surface area contributed by atoms with Gasteiger partial charge < -0.3 is 10.6 Å². The number of hydrogen-bond acceptors (Lipinski definition) is 3. The Balaban J connectivity index is 1.65. The first-order valence-electron chi connectivity index (χ1n) is 8.28. The molecule has 130 valence electrons. The molecule has 0 unspecified atom stereocenters. The Morgan fingerprint density at radius 2 is 2.21 bits per heavy atom. The molecule has 0 bridgehead atoms.